The number of carbonyl (C=O) groups excluding carboxylic acids is 1. The summed E-state index contributed by atoms with van der Waals surface area (Å²) in [6.45, 7) is 10.7. The molecule has 2 N–H and O–H groups in total. The van der Waals surface area contributed by atoms with E-state index in [-0.39, 0.29) is 16.6 Å². The van der Waals surface area contributed by atoms with Crippen LogP contribution in [0.3, 0.4) is 0 Å². The van der Waals surface area contributed by atoms with Crippen molar-refractivity contribution >= 4 is 33.5 Å². The highest BCUT2D eigenvalue weighted by atomic mass is 32.2. The number of halogens is 1. The first kappa shape index (κ1) is 29.5. The van der Waals surface area contributed by atoms with Crippen LogP contribution in [0.15, 0.2) is 35.5 Å². The Balaban J connectivity index is 1.56. The van der Waals surface area contributed by atoms with Crippen LogP contribution in [0.4, 0.5) is 26.5 Å². The summed E-state index contributed by atoms with van der Waals surface area (Å²) in [7, 11) is -1.89. The molecule has 2 aromatic rings. The van der Waals surface area contributed by atoms with Gasteiger partial charge in [0.15, 0.2) is 0 Å². The minimum Gasteiger partial charge on any atom is -0.427 e. The third-order valence-electron chi connectivity index (χ3n) is 5.65. The normalized spacial score (nSPS) is 15.4. The van der Waals surface area contributed by atoms with Gasteiger partial charge in [0.2, 0.25) is 10.0 Å². The van der Waals surface area contributed by atoms with Crippen molar-refractivity contribution in [2.24, 2.45) is 5.92 Å². The number of ether oxygens (including phenoxy) is 1. The van der Waals surface area contributed by atoms with Gasteiger partial charge in [-0.1, -0.05) is 0 Å². The number of carbonyl (C=O) groups is 1. The molecule has 3 rings (SSSR count). The zero-order valence-corrected chi connectivity index (χ0v) is 23.5. The molecule has 11 nitrogen and oxygen atoms in total. The van der Waals surface area contributed by atoms with Crippen LogP contribution >= 0.6 is 0 Å². The highest BCUT2D eigenvalue weighted by molar-refractivity contribution is 7.89. The van der Waals surface area contributed by atoms with Crippen LogP contribution in [-0.2, 0) is 19.6 Å². The predicted octanol–water partition coefficient (Wildman–Crippen LogP) is 4.06. The van der Waals surface area contributed by atoms with Crippen molar-refractivity contribution in [2.45, 2.75) is 64.0 Å². The number of hydrogen-bond donors (Lipinski definition) is 2. The van der Waals surface area contributed by atoms with Gasteiger partial charge in [0, 0.05) is 38.8 Å². The second kappa shape index (κ2) is 12.2. The van der Waals surface area contributed by atoms with E-state index in [2.05, 4.69) is 20.0 Å². The predicted molar refractivity (Wildman–Crippen MR) is 142 cm³/mol. The number of sulfonamides is 1. The molecule has 0 spiro atoms. The van der Waals surface area contributed by atoms with Gasteiger partial charge in [-0.15, -0.1) is 5.06 Å². The second-order valence-corrected chi connectivity index (χ2v) is 12.3. The van der Waals surface area contributed by atoms with E-state index in [9.17, 15) is 17.6 Å². The molecule has 0 bridgehead atoms. The van der Waals surface area contributed by atoms with Crippen LogP contribution in [0.2, 0.25) is 0 Å². The number of nitrogens with one attached hydrogen (secondary N) is 2. The van der Waals surface area contributed by atoms with Gasteiger partial charge >= 0.3 is 6.16 Å². The molecule has 1 saturated heterocycles. The maximum absolute atomic E-state index is 14.7. The fourth-order valence-electron chi connectivity index (χ4n) is 3.94. The van der Waals surface area contributed by atoms with Gasteiger partial charge in [-0.2, -0.15) is 0 Å². The summed E-state index contributed by atoms with van der Waals surface area (Å²) in [6, 6.07) is 5.06. The standard InChI is InChI=1S/C25H37FN6O5S/c1-17(2)30-38(34,35)19-7-8-21(20(26)13-19)29-22-14-23(28-16-27-22)31(6)15-18-9-11-32(12-10-18)37-24(33)36-25(3,4)5/h7-8,13-14,16-18,30H,9-12,15H2,1-6H3,(H,27,28,29). The zero-order chi connectivity index (χ0) is 28.1. The monoisotopic (exact) mass is 552 g/mol. The van der Waals surface area contributed by atoms with Crippen LogP contribution in [0.5, 0.6) is 0 Å². The first-order chi connectivity index (χ1) is 17.7. The molecule has 1 fully saturated rings. The third-order valence-corrected chi connectivity index (χ3v) is 7.30. The minimum absolute atomic E-state index is 0.0955. The molecule has 2 heterocycles. The molecular formula is C25H37FN6O5S. The molecule has 210 valence electrons. The van der Waals surface area contributed by atoms with Gasteiger partial charge in [0.25, 0.3) is 0 Å². The van der Waals surface area contributed by atoms with Crippen molar-refractivity contribution in [3.8, 4) is 0 Å². The number of anilines is 3. The molecule has 13 heteroatoms. The number of benzene rings is 1. The number of piperidine rings is 1. The Labute approximate surface area is 223 Å². The number of hydroxylamine groups is 2. The summed E-state index contributed by atoms with van der Waals surface area (Å²) in [6.07, 6.45) is 2.34. The largest absolute Gasteiger partial charge is 0.528 e. The summed E-state index contributed by atoms with van der Waals surface area (Å²) >= 11 is 0. The Morgan fingerprint density at radius 2 is 1.89 bits per heavy atom. The molecule has 0 amide bonds. The lowest BCUT2D eigenvalue weighted by atomic mass is 9.97. The Kier molecular flexibility index (Phi) is 9.49. The van der Waals surface area contributed by atoms with Crippen LogP contribution in [0.25, 0.3) is 0 Å². The maximum Gasteiger partial charge on any atom is 0.528 e. The molecule has 0 aliphatic carbocycles. The Morgan fingerprint density at radius 1 is 1.21 bits per heavy atom. The number of nitrogens with zero attached hydrogens (tertiary/aromatic N) is 4. The highest BCUT2D eigenvalue weighted by Crippen LogP contribution is 2.25. The molecule has 38 heavy (non-hydrogen) atoms. The Bertz CT molecular complexity index is 1210. The van der Waals surface area contributed by atoms with E-state index in [4.69, 9.17) is 9.57 Å². The second-order valence-electron chi connectivity index (χ2n) is 10.6. The molecule has 1 aromatic heterocycles. The summed E-state index contributed by atoms with van der Waals surface area (Å²) in [5.41, 5.74) is -0.511. The zero-order valence-electron chi connectivity index (χ0n) is 22.7. The Morgan fingerprint density at radius 3 is 2.50 bits per heavy atom. The molecule has 0 saturated carbocycles. The average Bonchev–Trinajstić information content (AvgIpc) is 2.79. The molecule has 0 radical (unpaired) electrons. The molecule has 1 aromatic carbocycles. The van der Waals surface area contributed by atoms with Gasteiger partial charge in [0.05, 0.1) is 10.6 Å². The van der Waals surface area contributed by atoms with E-state index in [0.717, 1.165) is 25.5 Å². The van der Waals surface area contributed by atoms with E-state index in [1.54, 1.807) is 45.7 Å². The van der Waals surface area contributed by atoms with Crippen molar-refractivity contribution in [2.75, 3.05) is 36.9 Å². The average molecular weight is 553 g/mol. The SMILES string of the molecule is CC(C)NS(=O)(=O)c1ccc(Nc2cc(N(C)CC3CCN(OC(=O)OC(C)(C)C)CC3)ncn2)c(F)c1. The fourth-order valence-corrected chi connectivity index (χ4v) is 5.21. The molecule has 1 aliphatic heterocycles. The number of rotatable bonds is 9. The van der Waals surface area contributed by atoms with Crippen molar-refractivity contribution in [1.82, 2.24) is 19.8 Å². The van der Waals surface area contributed by atoms with E-state index < -0.39 is 27.6 Å². The number of aromatic nitrogens is 2. The van der Waals surface area contributed by atoms with E-state index in [0.29, 0.717) is 30.6 Å². The Hall–Kier alpha value is -3.03. The minimum atomic E-state index is -3.80. The van der Waals surface area contributed by atoms with Crippen molar-refractivity contribution in [1.29, 1.82) is 0 Å². The van der Waals surface area contributed by atoms with Crippen LogP contribution in [-0.4, -0.2) is 67.9 Å². The summed E-state index contributed by atoms with van der Waals surface area (Å²) in [5, 5.41) is 4.52. The van der Waals surface area contributed by atoms with Crippen molar-refractivity contribution in [3.05, 3.63) is 36.4 Å². The van der Waals surface area contributed by atoms with Crippen LogP contribution in [0.1, 0.15) is 47.5 Å². The maximum atomic E-state index is 14.7. The highest BCUT2D eigenvalue weighted by Gasteiger charge is 2.26. The summed E-state index contributed by atoms with van der Waals surface area (Å²) in [5.74, 6) is 0.662. The van der Waals surface area contributed by atoms with Crippen LogP contribution in [0, 0.1) is 11.7 Å². The fraction of sp³-hybridized carbons (Fsp3) is 0.560. The third kappa shape index (κ3) is 8.77. The van der Waals surface area contributed by atoms with E-state index in [1.165, 1.54) is 18.5 Å². The van der Waals surface area contributed by atoms with E-state index in [1.807, 2.05) is 11.9 Å². The molecular weight excluding hydrogens is 515 g/mol. The van der Waals surface area contributed by atoms with Crippen molar-refractivity contribution in [3.63, 3.8) is 0 Å². The lowest BCUT2D eigenvalue weighted by Gasteiger charge is -2.33. The molecule has 0 unspecified atom stereocenters. The molecule has 1 aliphatic rings. The van der Waals surface area contributed by atoms with Gasteiger partial charge in [-0.05, 0) is 71.6 Å². The van der Waals surface area contributed by atoms with Crippen LogP contribution < -0.4 is 14.9 Å². The van der Waals surface area contributed by atoms with Gasteiger partial charge in [0.1, 0.15) is 29.4 Å². The quantitative estimate of drug-likeness (QED) is 0.440. The lowest BCUT2D eigenvalue weighted by molar-refractivity contribution is -0.154. The first-order valence-corrected chi connectivity index (χ1v) is 14.0. The lowest BCUT2D eigenvalue weighted by Crippen LogP contribution is -2.40. The summed E-state index contributed by atoms with van der Waals surface area (Å²) < 4.78 is 47.0. The van der Waals surface area contributed by atoms with Gasteiger partial charge in [-0.3, -0.25) is 0 Å². The first-order valence-electron chi connectivity index (χ1n) is 12.5. The van der Waals surface area contributed by atoms with Gasteiger partial charge < -0.3 is 19.8 Å². The van der Waals surface area contributed by atoms with Gasteiger partial charge in [-0.25, -0.2) is 32.3 Å². The summed E-state index contributed by atoms with van der Waals surface area (Å²) in [4.78, 5) is 27.5. The smallest absolute Gasteiger partial charge is 0.427 e. The molecule has 0 atom stereocenters. The van der Waals surface area contributed by atoms with Crippen molar-refractivity contribution < 1.29 is 27.2 Å². The van der Waals surface area contributed by atoms with E-state index >= 15 is 0 Å². The topological polar surface area (TPSA) is 126 Å². The number of hydrogen-bond acceptors (Lipinski definition) is 10.